The standard InChI is InChI=1S/C19H21NO5/c1-3-13(11-4-6-12(24-2)7-5-11)20-10-19-9-8-14(25-19)15(18(22)23)16(19)17(20)21/h4-9,13-16H,3,10H2,1-2H3,(H,22,23). The summed E-state index contributed by atoms with van der Waals surface area (Å²) in [4.78, 5) is 26.6. The zero-order chi connectivity index (χ0) is 17.8. The average Bonchev–Trinajstić information content (AvgIpc) is 3.25. The van der Waals surface area contributed by atoms with Crippen LogP contribution < -0.4 is 4.74 Å². The van der Waals surface area contributed by atoms with E-state index >= 15 is 0 Å². The summed E-state index contributed by atoms with van der Waals surface area (Å²) in [6.07, 6.45) is 3.93. The van der Waals surface area contributed by atoms with Crippen molar-refractivity contribution in [2.24, 2.45) is 11.8 Å². The van der Waals surface area contributed by atoms with E-state index in [1.807, 2.05) is 37.3 Å². The molecule has 0 aromatic heterocycles. The topological polar surface area (TPSA) is 76.1 Å². The average molecular weight is 343 g/mol. The fourth-order valence-electron chi connectivity index (χ4n) is 4.54. The molecule has 2 bridgehead atoms. The van der Waals surface area contributed by atoms with Crippen LogP contribution in [0, 0.1) is 11.8 Å². The molecule has 5 unspecified atom stereocenters. The third kappa shape index (κ3) is 2.20. The highest BCUT2D eigenvalue weighted by molar-refractivity contribution is 5.91. The Bertz CT molecular complexity index is 743. The van der Waals surface area contributed by atoms with Gasteiger partial charge in [0.25, 0.3) is 0 Å². The molecule has 2 fully saturated rings. The molecule has 0 aliphatic carbocycles. The van der Waals surface area contributed by atoms with E-state index in [4.69, 9.17) is 9.47 Å². The van der Waals surface area contributed by atoms with Gasteiger partial charge in [-0.05, 0) is 24.1 Å². The van der Waals surface area contributed by atoms with Crippen molar-refractivity contribution in [3.05, 3.63) is 42.0 Å². The summed E-state index contributed by atoms with van der Waals surface area (Å²) in [6, 6.07) is 7.55. The number of carbonyl (C=O) groups excluding carboxylic acids is 1. The molecule has 3 aliphatic heterocycles. The Labute approximate surface area is 146 Å². The van der Waals surface area contributed by atoms with Gasteiger partial charge in [0, 0.05) is 0 Å². The van der Waals surface area contributed by atoms with Crippen molar-refractivity contribution in [2.45, 2.75) is 31.1 Å². The molecule has 1 aromatic rings. The van der Waals surface area contributed by atoms with E-state index in [9.17, 15) is 14.7 Å². The molecule has 0 saturated carbocycles. The number of methoxy groups -OCH3 is 1. The molecule has 4 rings (SSSR count). The Balaban J connectivity index is 1.66. The van der Waals surface area contributed by atoms with Gasteiger partial charge in [-0.15, -0.1) is 0 Å². The van der Waals surface area contributed by atoms with Crippen LogP contribution in [0.25, 0.3) is 0 Å². The molecule has 2 saturated heterocycles. The van der Waals surface area contributed by atoms with Gasteiger partial charge in [0.05, 0.1) is 31.7 Å². The Morgan fingerprint density at radius 2 is 2.16 bits per heavy atom. The maximum Gasteiger partial charge on any atom is 0.310 e. The predicted molar refractivity (Wildman–Crippen MR) is 89.1 cm³/mol. The van der Waals surface area contributed by atoms with E-state index in [1.54, 1.807) is 18.1 Å². The predicted octanol–water partition coefficient (Wildman–Crippen LogP) is 2.01. The Hall–Kier alpha value is -2.34. The second-order valence-electron chi connectivity index (χ2n) is 6.90. The molecule has 1 spiro atoms. The number of nitrogens with zero attached hydrogens (tertiary/aromatic N) is 1. The first-order valence-electron chi connectivity index (χ1n) is 8.55. The van der Waals surface area contributed by atoms with Gasteiger partial charge in [-0.3, -0.25) is 9.59 Å². The number of ether oxygens (including phenoxy) is 2. The molecule has 1 aromatic carbocycles. The summed E-state index contributed by atoms with van der Waals surface area (Å²) < 4.78 is 11.1. The lowest BCUT2D eigenvalue weighted by Gasteiger charge is -2.29. The molecule has 1 amide bonds. The Morgan fingerprint density at radius 1 is 1.44 bits per heavy atom. The van der Waals surface area contributed by atoms with E-state index in [-0.39, 0.29) is 11.9 Å². The van der Waals surface area contributed by atoms with Gasteiger partial charge in [-0.1, -0.05) is 31.2 Å². The van der Waals surface area contributed by atoms with Crippen LogP contribution >= 0.6 is 0 Å². The van der Waals surface area contributed by atoms with Crippen molar-refractivity contribution >= 4 is 11.9 Å². The minimum absolute atomic E-state index is 0.108. The van der Waals surface area contributed by atoms with Crippen molar-refractivity contribution in [1.82, 2.24) is 4.90 Å². The molecule has 6 nitrogen and oxygen atoms in total. The van der Waals surface area contributed by atoms with Crippen LogP contribution in [0.4, 0.5) is 0 Å². The number of carboxylic acid groups (broad SMARTS) is 1. The first-order chi connectivity index (χ1) is 12.0. The van der Waals surface area contributed by atoms with Crippen LogP contribution in [0.15, 0.2) is 36.4 Å². The lowest BCUT2D eigenvalue weighted by atomic mass is 9.77. The zero-order valence-corrected chi connectivity index (χ0v) is 14.2. The van der Waals surface area contributed by atoms with Gasteiger partial charge < -0.3 is 19.5 Å². The van der Waals surface area contributed by atoms with Gasteiger partial charge in [-0.2, -0.15) is 0 Å². The van der Waals surface area contributed by atoms with Crippen LogP contribution in [0.2, 0.25) is 0 Å². The zero-order valence-electron chi connectivity index (χ0n) is 14.2. The molecule has 5 atom stereocenters. The summed E-state index contributed by atoms with van der Waals surface area (Å²) >= 11 is 0. The minimum Gasteiger partial charge on any atom is -0.497 e. The number of amides is 1. The van der Waals surface area contributed by atoms with Crippen LogP contribution in [0.1, 0.15) is 24.9 Å². The maximum atomic E-state index is 13.1. The van der Waals surface area contributed by atoms with Crippen LogP contribution in [0.3, 0.4) is 0 Å². The van der Waals surface area contributed by atoms with Gasteiger partial charge in [0.15, 0.2) is 0 Å². The molecule has 1 N–H and O–H groups in total. The fourth-order valence-corrected chi connectivity index (χ4v) is 4.54. The first-order valence-corrected chi connectivity index (χ1v) is 8.55. The van der Waals surface area contributed by atoms with Crippen LogP contribution in [-0.4, -0.2) is 47.2 Å². The third-order valence-electron chi connectivity index (χ3n) is 5.68. The monoisotopic (exact) mass is 343 g/mol. The maximum absolute atomic E-state index is 13.1. The molecular formula is C19H21NO5. The molecule has 6 heteroatoms. The Kier molecular flexibility index (Phi) is 3.61. The van der Waals surface area contributed by atoms with E-state index in [1.165, 1.54) is 0 Å². The van der Waals surface area contributed by atoms with Crippen molar-refractivity contribution in [3.8, 4) is 5.75 Å². The number of likely N-dealkylation sites (tertiary alicyclic amines) is 1. The Morgan fingerprint density at radius 3 is 2.76 bits per heavy atom. The van der Waals surface area contributed by atoms with Gasteiger partial charge in [0.1, 0.15) is 17.3 Å². The molecular weight excluding hydrogens is 322 g/mol. The lowest BCUT2D eigenvalue weighted by molar-refractivity contribution is -0.148. The number of aliphatic carboxylic acids is 1. The summed E-state index contributed by atoms with van der Waals surface area (Å²) in [5, 5.41) is 9.56. The molecule has 25 heavy (non-hydrogen) atoms. The number of rotatable bonds is 5. The van der Waals surface area contributed by atoms with E-state index in [0.717, 1.165) is 17.7 Å². The summed E-state index contributed by atoms with van der Waals surface area (Å²) in [5.41, 5.74) is 0.225. The molecule has 0 radical (unpaired) electrons. The SMILES string of the molecule is CCC(c1ccc(OC)cc1)N1CC23C=CC(O2)C(C(=O)O)C3C1=O. The van der Waals surface area contributed by atoms with Crippen molar-refractivity contribution in [3.63, 3.8) is 0 Å². The van der Waals surface area contributed by atoms with E-state index < -0.39 is 29.5 Å². The number of fused-ring (bicyclic) bond motifs is 1. The normalized spacial score (nSPS) is 33.6. The van der Waals surface area contributed by atoms with E-state index in [2.05, 4.69) is 0 Å². The highest BCUT2D eigenvalue weighted by atomic mass is 16.5. The van der Waals surface area contributed by atoms with E-state index in [0.29, 0.717) is 6.54 Å². The molecule has 3 aliphatic rings. The molecule has 3 heterocycles. The summed E-state index contributed by atoms with van der Waals surface area (Å²) in [5.74, 6) is -1.75. The second-order valence-corrected chi connectivity index (χ2v) is 6.90. The quantitative estimate of drug-likeness (QED) is 0.828. The van der Waals surface area contributed by atoms with Crippen LogP contribution in [-0.2, 0) is 14.3 Å². The lowest BCUT2D eigenvalue weighted by Crippen LogP contribution is -2.39. The number of hydrogen-bond donors (Lipinski definition) is 1. The van der Waals surface area contributed by atoms with Gasteiger partial charge >= 0.3 is 5.97 Å². The van der Waals surface area contributed by atoms with Crippen molar-refractivity contribution in [1.29, 1.82) is 0 Å². The van der Waals surface area contributed by atoms with Crippen molar-refractivity contribution in [2.75, 3.05) is 13.7 Å². The number of benzene rings is 1. The molecule has 132 valence electrons. The number of carboxylic acids is 1. The second kappa shape index (κ2) is 5.59. The van der Waals surface area contributed by atoms with Crippen molar-refractivity contribution < 1.29 is 24.2 Å². The highest BCUT2D eigenvalue weighted by Gasteiger charge is 2.67. The highest BCUT2D eigenvalue weighted by Crippen LogP contribution is 2.53. The third-order valence-corrected chi connectivity index (χ3v) is 5.68. The number of carbonyl (C=O) groups is 2. The number of hydrogen-bond acceptors (Lipinski definition) is 4. The first kappa shape index (κ1) is 16.1. The van der Waals surface area contributed by atoms with Crippen LogP contribution in [0.5, 0.6) is 5.75 Å². The smallest absolute Gasteiger partial charge is 0.310 e. The fraction of sp³-hybridized carbons (Fsp3) is 0.474. The summed E-state index contributed by atoms with van der Waals surface area (Å²) in [7, 11) is 1.61. The largest absolute Gasteiger partial charge is 0.497 e. The summed E-state index contributed by atoms with van der Waals surface area (Å²) in [6.45, 7) is 2.43. The van der Waals surface area contributed by atoms with Gasteiger partial charge in [-0.25, -0.2) is 0 Å². The van der Waals surface area contributed by atoms with Gasteiger partial charge in [0.2, 0.25) is 5.91 Å². The minimum atomic E-state index is -0.964.